The molecular formula is C19H20ClNO5S. The average molecular weight is 410 g/mol. The summed E-state index contributed by atoms with van der Waals surface area (Å²) in [7, 11) is 1.57. The van der Waals surface area contributed by atoms with Crippen molar-refractivity contribution in [2.75, 3.05) is 33.5 Å². The number of carbonyl (C=O) groups excluding carboxylic acids is 2. The van der Waals surface area contributed by atoms with Crippen LogP contribution < -0.4 is 9.47 Å². The summed E-state index contributed by atoms with van der Waals surface area (Å²) in [5.74, 6) is 2.81. The summed E-state index contributed by atoms with van der Waals surface area (Å²) in [6.45, 7) is 3.09. The molecule has 8 heteroatoms. The third-order valence-electron chi connectivity index (χ3n) is 3.53. The number of rotatable bonds is 9. The maximum absolute atomic E-state index is 12.5. The molecule has 1 aliphatic rings. The fourth-order valence-corrected chi connectivity index (χ4v) is 3.54. The van der Waals surface area contributed by atoms with Gasteiger partial charge < -0.3 is 14.2 Å². The molecule has 0 N–H and O–H groups in total. The number of benzene rings is 1. The van der Waals surface area contributed by atoms with E-state index < -0.39 is 0 Å². The molecule has 2 rings (SSSR count). The number of thioether (sulfide) groups is 1. The number of hydrogen-bond acceptors (Lipinski definition) is 6. The summed E-state index contributed by atoms with van der Waals surface area (Å²) >= 11 is 7.18. The largest absolute Gasteiger partial charge is 0.490 e. The molecule has 1 saturated heterocycles. The third-order valence-corrected chi connectivity index (χ3v) is 4.72. The molecule has 27 heavy (non-hydrogen) atoms. The summed E-state index contributed by atoms with van der Waals surface area (Å²) in [6, 6.07) is 3.33. The highest BCUT2D eigenvalue weighted by atomic mass is 35.5. The van der Waals surface area contributed by atoms with Crippen molar-refractivity contribution in [3.05, 3.63) is 27.6 Å². The fourth-order valence-electron chi connectivity index (χ4n) is 2.40. The molecule has 1 aliphatic heterocycles. The first-order valence-corrected chi connectivity index (χ1v) is 9.48. The lowest BCUT2D eigenvalue weighted by Crippen LogP contribution is -2.29. The van der Waals surface area contributed by atoms with Crippen molar-refractivity contribution < 1.29 is 23.8 Å². The summed E-state index contributed by atoms with van der Waals surface area (Å²) < 4.78 is 16.0. The van der Waals surface area contributed by atoms with Crippen LogP contribution in [-0.4, -0.2) is 49.5 Å². The van der Waals surface area contributed by atoms with E-state index in [0.717, 1.165) is 11.8 Å². The Bertz CT molecular complexity index is 787. The molecule has 0 spiro atoms. The first-order chi connectivity index (χ1) is 13.0. The monoisotopic (exact) mass is 409 g/mol. The molecule has 1 aromatic carbocycles. The zero-order chi connectivity index (χ0) is 19.8. The van der Waals surface area contributed by atoms with Crippen LogP contribution in [0, 0.1) is 12.3 Å². The summed E-state index contributed by atoms with van der Waals surface area (Å²) in [6.07, 6.45) is 7.42. The molecule has 0 aromatic heterocycles. The van der Waals surface area contributed by atoms with E-state index in [9.17, 15) is 9.59 Å². The van der Waals surface area contributed by atoms with Gasteiger partial charge in [0, 0.05) is 20.3 Å². The zero-order valence-corrected chi connectivity index (χ0v) is 16.7. The van der Waals surface area contributed by atoms with Gasteiger partial charge in [0.05, 0.1) is 16.5 Å². The molecule has 0 unspecified atom stereocenters. The van der Waals surface area contributed by atoms with Crippen molar-refractivity contribution in [3.63, 3.8) is 0 Å². The van der Waals surface area contributed by atoms with Crippen LogP contribution in [0.4, 0.5) is 4.79 Å². The minimum Gasteiger partial charge on any atom is -0.490 e. The Morgan fingerprint density at radius 3 is 2.78 bits per heavy atom. The van der Waals surface area contributed by atoms with Crippen LogP contribution >= 0.6 is 23.4 Å². The zero-order valence-electron chi connectivity index (χ0n) is 15.1. The predicted octanol–water partition coefficient (Wildman–Crippen LogP) is 3.82. The predicted molar refractivity (Wildman–Crippen MR) is 106 cm³/mol. The van der Waals surface area contributed by atoms with Gasteiger partial charge in [-0.1, -0.05) is 17.5 Å². The smallest absolute Gasteiger partial charge is 0.293 e. The first-order valence-electron chi connectivity index (χ1n) is 8.28. The van der Waals surface area contributed by atoms with Gasteiger partial charge in [0.1, 0.15) is 6.61 Å². The number of amides is 2. The van der Waals surface area contributed by atoms with E-state index in [4.69, 9.17) is 32.2 Å². The lowest BCUT2D eigenvalue weighted by molar-refractivity contribution is -0.122. The first kappa shape index (κ1) is 21.2. The van der Waals surface area contributed by atoms with E-state index in [1.807, 2.05) is 6.92 Å². The summed E-state index contributed by atoms with van der Waals surface area (Å²) in [5, 5.41) is 0.00854. The van der Waals surface area contributed by atoms with Gasteiger partial charge in [0.2, 0.25) is 0 Å². The van der Waals surface area contributed by atoms with Gasteiger partial charge in [0.15, 0.2) is 11.5 Å². The minimum atomic E-state index is -0.331. The summed E-state index contributed by atoms with van der Waals surface area (Å²) in [4.78, 5) is 26.1. The number of terminal acetylenes is 1. The van der Waals surface area contributed by atoms with Crippen LogP contribution in [0.1, 0.15) is 18.9 Å². The lowest BCUT2D eigenvalue weighted by Gasteiger charge is -2.13. The van der Waals surface area contributed by atoms with Crippen molar-refractivity contribution in [3.8, 4) is 23.8 Å². The van der Waals surface area contributed by atoms with Gasteiger partial charge in [-0.2, -0.15) is 0 Å². The van der Waals surface area contributed by atoms with E-state index in [1.54, 1.807) is 25.3 Å². The number of nitrogens with zero attached hydrogens (tertiary/aromatic N) is 1. The van der Waals surface area contributed by atoms with E-state index in [-0.39, 0.29) is 17.8 Å². The normalized spacial score (nSPS) is 15.3. The van der Waals surface area contributed by atoms with Gasteiger partial charge >= 0.3 is 0 Å². The second-order valence-electron chi connectivity index (χ2n) is 5.44. The maximum Gasteiger partial charge on any atom is 0.293 e. The third kappa shape index (κ3) is 5.42. The second kappa shape index (κ2) is 10.3. The molecule has 2 amide bonds. The van der Waals surface area contributed by atoms with Crippen molar-refractivity contribution in [2.24, 2.45) is 0 Å². The van der Waals surface area contributed by atoms with Crippen molar-refractivity contribution in [2.45, 2.75) is 13.3 Å². The van der Waals surface area contributed by atoms with E-state index in [0.29, 0.717) is 53.2 Å². The fraction of sp³-hybridized carbons (Fsp3) is 0.368. The van der Waals surface area contributed by atoms with Crippen molar-refractivity contribution in [1.82, 2.24) is 4.90 Å². The molecule has 0 saturated carbocycles. The Morgan fingerprint density at radius 2 is 2.11 bits per heavy atom. The van der Waals surface area contributed by atoms with E-state index in [1.165, 1.54) is 4.90 Å². The van der Waals surface area contributed by atoms with Crippen LogP contribution in [0.3, 0.4) is 0 Å². The molecule has 1 aromatic rings. The molecule has 0 bridgehead atoms. The highest BCUT2D eigenvalue weighted by molar-refractivity contribution is 8.18. The topological polar surface area (TPSA) is 65.1 Å². The van der Waals surface area contributed by atoms with Crippen LogP contribution in [0.25, 0.3) is 6.08 Å². The van der Waals surface area contributed by atoms with Crippen LogP contribution in [0.2, 0.25) is 5.02 Å². The molecule has 1 fully saturated rings. The Balaban J connectivity index is 2.26. The van der Waals surface area contributed by atoms with Crippen molar-refractivity contribution in [1.29, 1.82) is 0 Å². The Kier molecular flexibility index (Phi) is 8.04. The van der Waals surface area contributed by atoms with E-state index >= 15 is 0 Å². The van der Waals surface area contributed by atoms with Crippen LogP contribution in [0.15, 0.2) is 17.0 Å². The highest BCUT2D eigenvalue weighted by Crippen LogP contribution is 2.39. The van der Waals surface area contributed by atoms with Gasteiger partial charge in [-0.25, -0.2) is 0 Å². The maximum atomic E-state index is 12.5. The molecule has 144 valence electrons. The quantitative estimate of drug-likeness (QED) is 0.351. The lowest BCUT2D eigenvalue weighted by atomic mass is 10.1. The molecule has 0 radical (unpaired) electrons. The van der Waals surface area contributed by atoms with Gasteiger partial charge in [0.25, 0.3) is 11.1 Å². The number of carbonyl (C=O) groups is 2. The van der Waals surface area contributed by atoms with Gasteiger partial charge in [-0.3, -0.25) is 14.5 Å². The molecule has 0 atom stereocenters. The minimum absolute atomic E-state index is 0.0551. The number of ether oxygens (including phenoxy) is 3. The number of halogens is 1. The Labute approximate surface area is 167 Å². The van der Waals surface area contributed by atoms with Gasteiger partial charge in [-0.15, -0.1) is 6.42 Å². The highest BCUT2D eigenvalue weighted by Gasteiger charge is 2.34. The Morgan fingerprint density at radius 1 is 1.33 bits per heavy atom. The second-order valence-corrected chi connectivity index (χ2v) is 6.84. The molecule has 0 aliphatic carbocycles. The van der Waals surface area contributed by atoms with Crippen LogP contribution in [-0.2, 0) is 9.53 Å². The molecule has 1 heterocycles. The SMILES string of the molecule is C#CCOc1c(Cl)cc(/C=C2/SC(=O)N(CCCOC)C2=O)cc1OCC. The number of hydrogen-bond donors (Lipinski definition) is 0. The summed E-state index contributed by atoms with van der Waals surface area (Å²) in [5.41, 5.74) is 0.624. The molecular weight excluding hydrogens is 390 g/mol. The molecule has 6 nitrogen and oxygen atoms in total. The average Bonchev–Trinajstić information content (AvgIpc) is 2.89. The van der Waals surface area contributed by atoms with Gasteiger partial charge in [-0.05, 0) is 48.9 Å². The number of methoxy groups -OCH3 is 1. The van der Waals surface area contributed by atoms with Crippen LogP contribution in [0.5, 0.6) is 11.5 Å². The number of imide groups is 1. The van der Waals surface area contributed by atoms with Crippen molar-refractivity contribution >= 4 is 40.6 Å². The van der Waals surface area contributed by atoms with E-state index in [2.05, 4.69) is 5.92 Å². The standard InChI is InChI=1S/C19H20ClNO5S/c1-4-8-26-17-14(20)10-13(11-15(17)25-5-2)12-16-18(22)21(19(23)27-16)7-6-9-24-3/h1,10-12H,5-9H2,2-3H3/b16-12+. The Hall–Kier alpha value is -2.14.